The van der Waals surface area contributed by atoms with E-state index in [1.54, 1.807) is 4.90 Å². The smallest absolute Gasteiger partial charge is 0.320 e. The summed E-state index contributed by atoms with van der Waals surface area (Å²) in [5.41, 5.74) is 4.31. The molecule has 1 heterocycles. The topological polar surface area (TPSA) is 64.7 Å². The summed E-state index contributed by atoms with van der Waals surface area (Å²) in [6.07, 6.45) is 0.858. The zero-order valence-corrected chi connectivity index (χ0v) is 20.2. The van der Waals surface area contributed by atoms with E-state index in [9.17, 15) is 9.59 Å². The van der Waals surface area contributed by atoms with Crippen LogP contribution in [0.4, 0.5) is 26.7 Å². The summed E-state index contributed by atoms with van der Waals surface area (Å²) in [7, 11) is 0. The van der Waals surface area contributed by atoms with Crippen molar-refractivity contribution < 1.29 is 9.59 Å². The molecule has 1 aliphatic rings. The van der Waals surface area contributed by atoms with Gasteiger partial charge in [-0.25, -0.2) is 9.59 Å². The van der Waals surface area contributed by atoms with Gasteiger partial charge in [-0.3, -0.25) is 4.90 Å². The summed E-state index contributed by atoms with van der Waals surface area (Å²) in [4.78, 5) is 29.3. The zero-order valence-electron chi connectivity index (χ0n) is 19.4. The van der Waals surface area contributed by atoms with Crippen molar-refractivity contribution in [3.05, 3.63) is 88.9 Å². The van der Waals surface area contributed by atoms with Gasteiger partial charge in [0, 0.05) is 41.7 Å². The van der Waals surface area contributed by atoms with Crippen molar-refractivity contribution >= 4 is 40.7 Å². The molecule has 0 spiro atoms. The van der Waals surface area contributed by atoms with Gasteiger partial charge in [-0.05, 0) is 65.9 Å². The molecule has 1 saturated heterocycles. The van der Waals surface area contributed by atoms with Crippen molar-refractivity contribution in [2.75, 3.05) is 28.6 Å². The van der Waals surface area contributed by atoms with Crippen molar-refractivity contribution in [1.29, 1.82) is 0 Å². The highest BCUT2D eigenvalue weighted by molar-refractivity contribution is 6.30. The Hall–Kier alpha value is -3.51. The number of nitrogens with zero attached hydrogens (tertiary/aromatic N) is 2. The standard InChI is InChI=1S/C27H29ClN4O2/c1-19(2)21-10-12-23(13-11-21)29-26(33)30-24-8-4-9-25(17-24)32-15-5-14-31(27(32)34)18-20-6-3-7-22(28)16-20/h3-4,6-13,16-17,19H,5,14-15,18H2,1-2H3,(H2,29,30,33). The van der Waals surface area contributed by atoms with Crippen LogP contribution in [0.5, 0.6) is 0 Å². The molecule has 1 aliphatic heterocycles. The highest BCUT2D eigenvalue weighted by Gasteiger charge is 2.27. The largest absolute Gasteiger partial charge is 0.324 e. The molecule has 0 radical (unpaired) electrons. The molecule has 3 aromatic carbocycles. The van der Waals surface area contributed by atoms with Gasteiger partial charge in [-0.2, -0.15) is 0 Å². The molecule has 4 rings (SSSR count). The van der Waals surface area contributed by atoms with Crippen molar-refractivity contribution in [3.8, 4) is 0 Å². The van der Waals surface area contributed by atoms with Gasteiger partial charge in [0.15, 0.2) is 0 Å². The maximum Gasteiger partial charge on any atom is 0.324 e. The van der Waals surface area contributed by atoms with E-state index in [-0.39, 0.29) is 12.1 Å². The molecule has 0 saturated carbocycles. The Bertz CT molecular complexity index is 1160. The van der Waals surface area contributed by atoms with E-state index < -0.39 is 0 Å². The second-order valence-corrected chi connectivity index (χ2v) is 9.18. The first-order valence-electron chi connectivity index (χ1n) is 11.5. The average Bonchev–Trinajstić information content (AvgIpc) is 2.81. The van der Waals surface area contributed by atoms with Gasteiger partial charge >= 0.3 is 12.1 Å². The van der Waals surface area contributed by atoms with Crippen molar-refractivity contribution in [2.24, 2.45) is 0 Å². The number of benzene rings is 3. The first-order valence-corrected chi connectivity index (χ1v) is 11.9. The minimum Gasteiger partial charge on any atom is -0.320 e. The lowest BCUT2D eigenvalue weighted by molar-refractivity contribution is 0.192. The maximum absolute atomic E-state index is 13.2. The quantitative estimate of drug-likeness (QED) is 0.404. The molecule has 176 valence electrons. The Morgan fingerprint density at radius 3 is 2.41 bits per heavy atom. The van der Waals surface area contributed by atoms with Crippen LogP contribution < -0.4 is 15.5 Å². The van der Waals surface area contributed by atoms with Crippen LogP contribution in [-0.4, -0.2) is 30.1 Å². The molecule has 0 bridgehead atoms. The number of carbonyl (C=O) groups is 2. The fourth-order valence-electron chi connectivity index (χ4n) is 4.02. The molecular weight excluding hydrogens is 448 g/mol. The van der Waals surface area contributed by atoms with Crippen molar-refractivity contribution in [2.45, 2.75) is 32.7 Å². The normalized spacial score (nSPS) is 13.8. The van der Waals surface area contributed by atoms with E-state index in [1.165, 1.54) is 5.56 Å². The highest BCUT2D eigenvalue weighted by Crippen LogP contribution is 2.25. The third-order valence-corrected chi connectivity index (χ3v) is 6.06. The van der Waals surface area contributed by atoms with Crippen LogP contribution in [-0.2, 0) is 6.54 Å². The molecule has 0 aliphatic carbocycles. The predicted octanol–water partition coefficient (Wildman–Crippen LogP) is 6.94. The predicted molar refractivity (Wildman–Crippen MR) is 139 cm³/mol. The van der Waals surface area contributed by atoms with Gasteiger partial charge in [-0.1, -0.05) is 55.8 Å². The van der Waals surface area contributed by atoms with Crippen LogP contribution in [0.1, 0.15) is 37.3 Å². The van der Waals surface area contributed by atoms with Gasteiger partial charge < -0.3 is 15.5 Å². The molecule has 4 amide bonds. The van der Waals surface area contributed by atoms with E-state index in [0.29, 0.717) is 36.3 Å². The molecule has 2 N–H and O–H groups in total. The Labute approximate surface area is 205 Å². The molecule has 0 unspecified atom stereocenters. The van der Waals surface area contributed by atoms with E-state index in [0.717, 1.165) is 23.4 Å². The van der Waals surface area contributed by atoms with Crippen LogP contribution in [0, 0.1) is 0 Å². The van der Waals surface area contributed by atoms with Crippen LogP contribution in [0.3, 0.4) is 0 Å². The summed E-state index contributed by atoms with van der Waals surface area (Å²) in [5.74, 6) is 0.435. The summed E-state index contributed by atoms with van der Waals surface area (Å²) in [6.45, 7) is 6.09. The van der Waals surface area contributed by atoms with Gasteiger partial charge in [0.2, 0.25) is 0 Å². The Morgan fingerprint density at radius 1 is 0.941 bits per heavy atom. The van der Waals surface area contributed by atoms with Crippen molar-refractivity contribution in [1.82, 2.24) is 4.90 Å². The minimum atomic E-state index is -0.331. The summed E-state index contributed by atoms with van der Waals surface area (Å²) in [5, 5.41) is 6.38. The molecule has 0 aromatic heterocycles. The second-order valence-electron chi connectivity index (χ2n) is 8.75. The van der Waals surface area contributed by atoms with Gasteiger partial charge in [0.25, 0.3) is 0 Å². The number of rotatable bonds is 6. The molecule has 1 fully saturated rings. The van der Waals surface area contributed by atoms with Gasteiger partial charge in [-0.15, -0.1) is 0 Å². The number of hydrogen-bond donors (Lipinski definition) is 2. The Balaban J connectivity index is 1.40. The summed E-state index contributed by atoms with van der Waals surface area (Å²) in [6, 6.07) is 22.3. The van der Waals surface area contributed by atoms with Crippen molar-refractivity contribution in [3.63, 3.8) is 0 Å². The van der Waals surface area contributed by atoms with Crippen LogP contribution in [0.15, 0.2) is 72.8 Å². The lowest BCUT2D eigenvalue weighted by Crippen LogP contribution is -2.49. The summed E-state index contributed by atoms with van der Waals surface area (Å²) >= 11 is 6.10. The van der Waals surface area contributed by atoms with E-state index >= 15 is 0 Å². The zero-order chi connectivity index (χ0) is 24.1. The number of anilines is 3. The number of amides is 4. The fourth-order valence-corrected chi connectivity index (χ4v) is 4.23. The van der Waals surface area contributed by atoms with Gasteiger partial charge in [0.05, 0.1) is 0 Å². The van der Waals surface area contributed by atoms with Crippen LogP contribution >= 0.6 is 11.6 Å². The van der Waals surface area contributed by atoms with E-state index in [2.05, 4.69) is 24.5 Å². The monoisotopic (exact) mass is 476 g/mol. The highest BCUT2D eigenvalue weighted by atomic mass is 35.5. The average molecular weight is 477 g/mol. The number of halogens is 1. The molecule has 0 atom stereocenters. The lowest BCUT2D eigenvalue weighted by atomic mass is 10.0. The van der Waals surface area contributed by atoms with E-state index in [1.807, 2.05) is 77.7 Å². The lowest BCUT2D eigenvalue weighted by Gasteiger charge is -2.36. The first kappa shape index (κ1) is 23.6. The number of urea groups is 2. The van der Waals surface area contributed by atoms with Crippen LogP contribution in [0.25, 0.3) is 0 Å². The number of nitrogens with one attached hydrogen (secondary N) is 2. The minimum absolute atomic E-state index is 0.0573. The first-order chi connectivity index (χ1) is 16.4. The third kappa shape index (κ3) is 5.88. The third-order valence-electron chi connectivity index (χ3n) is 5.82. The maximum atomic E-state index is 13.2. The molecule has 7 heteroatoms. The summed E-state index contributed by atoms with van der Waals surface area (Å²) < 4.78 is 0. The Morgan fingerprint density at radius 2 is 1.68 bits per heavy atom. The Kier molecular flexibility index (Phi) is 7.38. The SMILES string of the molecule is CC(C)c1ccc(NC(=O)Nc2cccc(N3CCCN(Cc4cccc(Cl)c4)C3=O)c2)cc1. The van der Waals surface area contributed by atoms with Gasteiger partial charge in [0.1, 0.15) is 0 Å². The second kappa shape index (κ2) is 10.6. The number of hydrogen-bond acceptors (Lipinski definition) is 2. The fraction of sp³-hybridized carbons (Fsp3) is 0.259. The molecule has 34 heavy (non-hydrogen) atoms. The van der Waals surface area contributed by atoms with E-state index in [4.69, 9.17) is 11.6 Å². The molecular formula is C27H29ClN4O2. The number of carbonyl (C=O) groups excluding carboxylic acids is 2. The molecule has 3 aromatic rings. The molecule has 6 nitrogen and oxygen atoms in total. The van der Waals surface area contributed by atoms with Crippen LogP contribution in [0.2, 0.25) is 5.02 Å².